The van der Waals surface area contributed by atoms with E-state index in [1.165, 1.54) is 6.08 Å². The van der Waals surface area contributed by atoms with Crippen LogP contribution in [-0.4, -0.2) is 22.9 Å². The molecular formula is C12H13NO4. The molecule has 0 aliphatic heterocycles. The SMILES string of the molecule is C=CCCC(=O)OC(=O)C1=CC=CCC1=NO. The maximum Gasteiger partial charge on any atom is 0.347 e. The molecule has 5 heteroatoms. The summed E-state index contributed by atoms with van der Waals surface area (Å²) in [5.74, 6) is -1.42. The van der Waals surface area contributed by atoms with Gasteiger partial charge in [-0.25, -0.2) is 4.79 Å². The van der Waals surface area contributed by atoms with Gasteiger partial charge in [0.25, 0.3) is 0 Å². The first-order valence-electron chi connectivity index (χ1n) is 5.13. The minimum absolute atomic E-state index is 0.0990. The largest absolute Gasteiger partial charge is 0.411 e. The van der Waals surface area contributed by atoms with Crippen LogP contribution in [-0.2, 0) is 14.3 Å². The van der Waals surface area contributed by atoms with E-state index in [0.717, 1.165) is 0 Å². The summed E-state index contributed by atoms with van der Waals surface area (Å²) in [5.41, 5.74) is 0.288. The third-order valence-electron chi connectivity index (χ3n) is 2.12. The fraction of sp³-hybridized carbons (Fsp3) is 0.250. The summed E-state index contributed by atoms with van der Waals surface area (Å²) in [4.78, 5) is 22.8. The van der Waals surface area contributed by atoms with Crippen LogP contribution in [0.25, 0.3) is 0 Å². The number of ether oxygens (including phenoxy) is 1. The van der Waals surface area contributed by atoms with Gasteiger partial charge in [0.05, 0.1) is 11.3 Å². The predicted octanol–water partition coefficient (Wildman–Crippen LogP) is 1.74. The maximum absolute atomic E-state index is 11.6. The first-order valence-corrected chi connectivity index (χ1v) is 5.13. The number of oxime groups is 1. The number of esters is 2. The molecule has 1 rings (SSSR count). The normalized spacial score (nSPS) is 16.5. The van der Waals surface area contributed by atoms with Gasteiger partial charge in [-0.2, -0.15) is 0 Å². The highest BCUT2D eigenvalue weighted by Gasteiger charge is 2.21. The number of nitrogens with zero attached hydrogens (tertiary/aromatic N) is 1. The summed E-state index contributed by atoms with van der Waals surface area (Å²) in [6.07, 6.45) is 7.26. The van der Waals surface area contributed by atoms with Crippen LogP contribution in [0.4, 0.5) is 0 Å². The predicted molar refractivity (Wildman–Crippen MR) is 61.6 cm³/mol. The average molecular weight is 235 g/mol. The van der Waals surface area contributed by atoms with E-state index < -0.39 is 11.9 Å². The highest BCUT2D eigenvalue weighted by molar-refractivity contribution is 6.22. The summed E-state index contributed by atoms with van der Waals surface area (Å²) in [6.45, 7) is 3.46. The Bertz CT molecular complexity index is 418. The lowest BCUT2D eigenvalue weighted by atomic mass is 10.0. The highest BCUT2D eigenvalue weighted by Crippen LogP contribution is 2.12. The Morgan fingerprint density at radius 3 is 3.00 bits per heavy atom. The number of hydrogen-bond donors (Lipinski definition) is 1. The Kier molecular flexibility index (Phi) is 4.87. The van der Waals surface area contributed by atoms with Crippen LogP contribution in [0.3, 0.4) is 0 Å². The van der Waals surface area contributed by atoms with Crippen molar-refractivity contribution in [3.63, 3.8) is 0 Å². The van der Waals surface area contributed by atoms with Gasteiger partial charge < -0.3 is 9.94 Å². The third-order valence-corrected chi connectivity index (χ3v) is 2.12. The standard InChI is InChI=1S/C12H13NO4/c1-2-3-8-11(14)17-12(15)9-6-4-5-7-10(9)13-16/h2,4-6,16H,1,3,7-8H2. The van der Waals surface area contributed by atoms with Crippen molar-refractivity contribution in [1.29, 1.82) is 0 Å². The van der Waals surface area contributed by atoms with E-state index in [0.29, 0.717) is 12.8 Å². The zero-order valence-electron chi connectivity index (χ0n) is 9.26. The van der Waals surface area contributed by atoms with Crippen LogP contribution in [0.1, 0.15) is 19.3 Å². The Labute approximate surface area is 98.8 Å². The monoisotopic (exact) mass is 235 g/mol. The van der Waals surface area contributed by atoms with E-state index in [1.54, 1.807) is 18.2 Å². The molecule has 0 aromatic rings. The summed E-state index contributed by atoms with van der Waals surface area (Å²) in [6, 6.07) is 0. The second kappa shape index (κ2) is 6.42. The lowest BCUT2D eigenvalue weighted by molar-refractivity contribution is -0.156. The quantitative estimate of drug-likeness (QED) is 0.265. The van der Waals surface area contributed by atoms with E-state index >= 15 is 0 Å². The summed E-state index contributed by atoms with van der Waals surface area (Å²) < 4.78 is 4.60. The van der Waals surface area contributed by atoms with E-state index in [4.69, 9.17) is 5.21 Å². The van der Waals surface area contributed by atoms with Crippen molar-refractivity contribution in [1.82, 2.24) is 0 Å². The molecule has 17 heavy (non-hydrogen) atoms. The Balaban J connectivity index is 2.63. The van der Waals surface area contributed by atoms with Gasteiger partial charge in [0.2, 0.25) is 0 Å². The van der Waals surface area contributed by atoms with Crippen LogP contribution in [0.5, 0.6) is 0 Å². The molecule has 0 aromatic carbocycles. The fourth-order valence-corrected chi connectivity index (χ4v) is 1.26. The van der Waals surface area contributed by atoms with Crippen molar-refractivity contribution >= 4 is 17.7 Å². The number of rotatable bonds is 4. The molecule has 5 nitrogen and oxygen atoms in total. The Morgan fingerprint density at radius 2 is 2.35 bits per heavy atom. The molecule has 0 heterocycles. The molecule has 1 aliphatic carbocycles. The van der Waals surface area contributed by atoms with Crippen LogP contribution in [0.2, 0.25) is 0 Å². The lowest BCUT2D eigenvalue weighted by Crippen LogP contribution is -2.20. The molecule has 0 bridgehead atoms. The minimum Gasteiger partial charge on any atom is -0.411 e. The van der Waals surface area contributed by atoms with Gasteiger partial charge in [0.1, 0.15) is 0 Å². The van der Waals surface area contributed by atoms with E-state index in [2.05, 4.69) is 16.5 Å². The maximum atomic E-state index is 11.6. The molecule has 90 valence electrons. The average Bonchev–Trinajstić information content (AvgIpc) is 2.36. The number of carbonyl (C=O) groups excluding carboxylic acids is 2. The van der Waals surface area contributed by atoms with Gasteiger partial charge in [-0.15, -0.1) is 6.58 Å². The molecule has 1 N–H and O–H groups in total. The number of hydrogen-bond acceptors (Lipinski definition) is 5. The van der Waals surface area contributed by atoms with E-state index in [-0.39, 0.29) is 17.7 Å². The second-order valence-corrected chi connectivity index (χ2v) is 3.35. The fourth-order valence-electron chi connectivity index (χ4n) is 1.26. The second-order valence-electron chi connectivity index (χ2n) is 3.35. The topological polar surface area (TPSA) is 76.0 Å². The van der Waals surface area contributed by atoms with Crippen LogP contribution < -0.4 is 0 Å². The molecular weight excluding hydrogens is 222 g/mol. The van der Waals surface area contributed by atoms with Crippen LogP contribution in [0.15, 0.2) is 41.6 Å². The Morgan fingerprint density at radius 1 is 1.59 bits per heavy atom. The van der Waals surface area contributed by atoms with E-state index in [9.17, 15) is 9.59 Å². The molecule has 0 atom stereocenters. The minimum atomic E-state index is -0.795. The lowest BCUT2D eigenvalue weighted by Gasteiger charge is -2.09. The summed E-state index contributed by atoms with van der Waals surface area (Å²) >= 11 is 0. The molecule has 0 radical (unpaired) electrons. The first kappa shape index (κ1) is 12.9. The van der Waals surface area contributed by atoms with Gasteiger partial charge in [-0.1, -0.05) is 23.4 Å². The van der Waals surface area contributed by atoms with Crippen molar-refractivity contribution in [3.8, 4) is 0 Å². The molecule has 0 saturated heterocycles. The third kappa shape index (κ3) is 3.71. The molecule has 0 spiro atoms. The molecule has 0 fully saturated rings. The van der Waals surface area contributed by atoms with Gasteiger partial charge in [0.15, 0.2) is 0 Å². The number of allylic oxidation sites excluding steroid dienone is 4. The van der Waals surface area contributed by atoms with Crippen molar-refractivity contribution < 1.29 is 19.5 Å². The van der Waals surface area contributed by atoms with Gasteiger partial charge in [-0.3, -0.25) is 4.79 Å². The van der Waals surface area contributed by atoms with Crippen molar-refractivity contribution in [2.24, 2.45) is 5.16 Å². The molecule has 0 amide bonds. The van der Waals surface area contributed by atoms with Crippen LogP contribution in [0, 0.1) is 0 Å². The van der Waals surface area contributed by atoms with Crippen LogP contribution >= 0.6 is 0 Å². The number of carbonyl (C=O) groups is 2. The molecule has 1 aliphatic rings. The van der Waals surface area contributed by atoms with Crippen molar-refractivity contribution in [2.45, 2.75) is 19.3 Å². The summed E-state index contributed by atoms with van der Waals surface area (Å²) in [7, 11) is 0. The smallest absolute Gasteiger partial charge is 0.347 e. The molecule has 0 aromatic heterocycles. The molecule has 0 saturated carbocycles. The van der Waals surface area contributed by atoms with Crippen molar-refractivity contribution in [2.75, 3.05) is 0 Å². The van der Waals surface area contributed by atoms with E-state index in [1.807, 2.05) is 0 Å². The van der Waals surface area contributed by atoms with Gasteiger partial charge in [0, 0.05) is 12.8 Å². The Hall–Kier alpha value is -2.17. The summed E-state index contributed by atoms with van der Waals surface area (Å²) in [5, 5.41) is 11.7. The molecule has 0 unspecified atom stereocenters. The van der Waals surface area contributed by atoms with Gasteiger partial charge in [-0.05, 0) is 12.5 Å². The first-order chi connectivity index (χ1) is 8.19. The highest BCUT2D eigenvalue weighted by atomic mass is 16.6. The zero-order valence-corrected chi connectivity index (χ0v) is 9.26. The van der Waals surface area contributed by atoms with Gasteiger partial charge >= 0.3 is 11.9 Å². The van der Waals surface area contributed by atoms with Crippen molar-refractivity contribution in [3.05, 3.63) is 36.5 Å². The zero-order chi connectivity index (χ0) is 12.7.